The van der Waals surface area contributed by atoms with E-state index in [1.807, 2.05) is 29.6 Å². The van der Waals surface area contributed by atoms with Crippen molar-refractivity contribution in [2.75, 3.05) is 20.8 Å². The molecule has 0 fully saturated rings. The minimum atomic E-state index is -0.197. The van der Waals surface area contributed by atoms with E-state index in [0.29, 0.717) is 28.7 Å². The first kappa shape index (κ1) is 21.0. The number of carbonyl (C=O) groups excluding carboxylic acids is 1. The predicted molar refractivity (Wildman–Crippen MR) is 113 cm³/mol. The molecule has 0 aliphatic heterocycles. The zero-order chi connectivity index (χ0) is 19.6. The largest absolute Gasteiger partial charge is 0.493 e. The van der Waals surface area contributed by atoms with Crippen LogP contribution in [0.1, 0.15) is 34.1 Å². The number of thiocarbonyl (C=S) groups is 1. The summed E-state index contributed by atoms with van der Waals surface area (Å²) < 4.78 is 10.5. The second-order valence-electron chi connectivity index (χ2n) is 5.83. The third-order valence-electron chi connectivity index (χ3n) is 3.85. The summed E-state index contributed by atoms with van der Waals surface area (Å²) in [6.45, 7) is 2.74. The Labute approximate surface area is 169 Å². The van der Waals surface area contributed by atoms with Gasteiger partial charge in [0, 0.05) is 16.8 Å². The monoisotopic (exact) mass is 407 g/mol. The first-order chi connectivity index (χ1) is 13.1. The van der Waals surface area contributed by atoms with Crippen LogP contribution in [0.15, 0.2) is 29.6 Å². The molecule has 0 unspecified atom stereocenters. The number of hydrogen-bond donors (Lipinski definition) is 3. The molecule has 8 heteroatoms. The predicted octanol–water partition coefficient (Wildman–Crippen LogP) is 3.07. The van der Waals surface area contributed by atoms with E-state index in [4.69, 9.17) is 21.7 Å². The van der Waals surface area contributed by atoms with Gasteiger partial charge in [0.05, 0.1) is 19.8 Å². The Bertz CT molecular complexity index is 777. The van der Waals surface area contributed by atoms with Crippen molar-refractivity contribution in [3.05, 3.63) is 45.6 Å². The van der Waals surface area contributed by atoms with Crippen LogP contribution in [0.4, 0.5) is 0 Å². The molecular formula is C19H25N3O3S2. The number of ether oxygens (including phenoxy) is 2. The number of benzene rings is 1. The highest BCUT2D eigenvalue weighted by molar-refractivity contribution is 7.80. The molecule has 0 atom stereocenters. The molecule has 146 valence electrons. The minimum absolute atomic E-state index is 0.197. The molecule has 1 amide bonds. The van der Waals surface area contributed by atoms with Gasteiger partial charge < -0.3 is 14.8 Å². The summed E-state index contributed by atoms with van der Waals surface area (Å²) in [5, 5.41) is 5.29. The zero-order valence-corrected chi connectivity index (χ0v) is 17.4. The number of aryl methyl sites for hydroxylation is 1. The fraction of sp³-hybridized carbons (Fsp3) is 0.368. The Morgan fingerprint density at radius 2 is 1.89 bits per heavy atom. The topological polar surface area (TPSA) is 71.6 Å². The van der Waals surface area contributed by atoms with E-state index in [-0.39, 0.29) is 5.91 Å². The van der Waals surface area contributed by atoms with Crippen molar-refractivity contribution >= 4 is 34.6 Å². The van der Waals surface area contributed by atoms with Crippen molar-refractivity contribution in [3.8, 4) is 11.5 Å². The number of thiophene rings is 1. The minimum Gasteiger partial charge on any atom is -0.493 e. The molecule has 1 aromatic carbocycles. The summed E-state index contributed by atoms with van der Waals surface area (Å²) in [7, 11) is 3.22. The molecule has 1 aromatic heterocycles. The third kappa shape index (κ3) is 6.41. The number of hydrazine groups is 1. The van der Waals surface area contributed by atoms with Crippen LogP contribution in [0.5, 0.6) is 11.5 Å². The van der Waals surface area contributed by atoms with Gasteiger partial charge in [0.25, 0.3) is 5.91 Å². The van der Waals surface area contributed by atoms with E-state index in [1.54, 1.807) is 25.6 Å². The fourth-order valence-electron chi connectivity index (χ4n) is 2.46. The Morgan fingerprint density at radius 3 is 2.59 bits per heavy atom. The van der Waals surface area contributed by atoms with Gasteiger partial charge in [0.2, 0.25) is 0 Å². The lowest BCUT2D eigenvalue weighted by Gasteiger charge is -2.12. The summed E-state index contributed by atoms with van der Waals surface area (Å²) in [6, 6.07) is 7.70. The molecule has 1 heterocycles. The van der Waals surface area contributed by atoms with Gasteiger partial charge in [0.1, 0.15) is 0 Å². The van der Waals surface area contributed by atoms with Gasteiger partial charge in [-0.25, -0.2) is 0 Å². The first-order valence-corrected chi connectivity index (χ1v) is 9.98. The molecule has 0 radical (unpaired) electrons. The van der Waals surface area contributed by atoms with E-state index in [1.165, 1.54) is 4.88 Å². The van der Waals surface area contributed by atoms with Gasteiger partial charge in [-0.2, -0.15) is 0 Å². The lowest BCUT2D eigenvalue weighted by molar-refractivity contribution is 0.0944. The van der Waals surface area contributed by atoms with E-state index >= 15 is 0 Å². The van der Waals surface area contributed by atoms with Crippen LogP contribution in [-0.4, -0.2) is 31.8 Å². The molecule has 27 heavy (non-hydrogen) atoms. The number of hydrogen-bond acceptors (Lipinski definition) is 5. The average Bonchev–Trinajstić information content (AvgIpc) is 3.15. The number of methoxy groups -OCH3 is 2. The van der Waals surface area contributed by atoms with Crippen LogP contribution in [0.2, 0.25) is 0 Å². The molecule has 2 rings (SSSR count). The van der Waals surface area contributed by atoms with Crippen LogP contribution in [0, 0.1) is 0 Å². The standard InChI is InChI=1S/C19H25N3O3S2/c1-4-5-15-11-14(12-27-15)18(23)21-22-19(26)20-9-8-13-6-7-16(24-2)17(10-13)25-3/h6-7,10-12H,4-5,8-9H2,1-3H3,(H,21,23)(H2,20,22,26). The molecule has 0 saturated carbocycles. The molecule has 0 bridgehead atoms. The molecule has 0 aliphatic rings. The molecule has 0 saturated heterocycles. The number of nitrogens with one attached hydrogen (secondary N) is 3. The normalized spacial score (nSPS) is 10.2. The summed E-state index contributed by atoms with van der Waals surface area (Å²) in [5.74, 6) is 1.20. The number of rotatable bonds is 8. The lowest BCUT2D eigenvalue weighted by Crippen LogP contribution is -2.47. The molecule has 0 spiro atoms. The molecule has 2 aromatic rings. The van der Waals surface area contributed by atoms with Crippen LogP contribution in [-0.2, 0) is 12.8 Å². The number of carbonyl (C=O) groups is 1. The van der Waals surface area contributed by atoms with Crippen molar-refractivity contribution in [2.45, 2.75) is 26.2 Å². The summed E-state index contributed by atoms with van der Waals surface area (Å²) in [4.78, 5) is 13.3. The maximum atomic E-state index is 12.1. The Morgan fingerprint density at radius 1 is 1.11 bits per heavy atom. The summed E-state index contributed by atoms with van der Waals surface area (Å²) in [5.41, 5.74) is 7.08. The van der Waals surface area contributed by atoms with Crippen molar-refractivity contribution in [3.63, 3.8) is 0 Å². The fourth-order valence-corrected chi connectivity index (χ4v) is 3.59. The van der Waals surface area contributed by atoms with Crippen molar-refractivity contribution in [2.24, 2.45) is 0 Å². The van der Waals surface area contributed by atoms with Gasteiger partial charge >= 0.3 is 0 Å². The van der Waals surface area contributed by atoms with E-state index in [9.17, 15) is 4.79 Å². The third-order valence-corrected chi connectivity index (χ3v) is 5.09. The second kappa shape index (κ2) is 10.7. The van der Waals surface area contributed by atoms with Gasteiger partial charge in [-0.05, 0) is 48.8 Å². The highest BCUT2D eigenvalue weighted by Gasteiger charge is 2.09. The second-order valence-corrected chi connectivity index (χ2v) is 7.23. The molecule has 6 nitrogen and oxygen atoms in total. The SMILES string of the molecule is CCCc1cc(C(=O)NNC(=S)NCCc2ccc(OC)c(OC)c2)cs1. The van der Waals surface area contributed by atoms with Crippen molar-refractivity contribution in [1.82, 2.24) is 16.2 Å². The molecule has 0 aliphatic carbocycles. The lowest BCUT2D eigenvalue weighted by atomic mass is 10.1. The van der Waals surface area contributed by atoms with Crippen molar-refractivity contribution in [1.29, 1.82) is 0 Å². The molecule has 3 N–H and O–H groups in total. The van der Waals surface area contributed by atoms with Gasteiger partial charge in [0.15, 0.2) is 16.6 Å². The zero-order valence-electron chi connectivity index (χ0n) is 15.8. The highest BCUT2D eigenvalue weighted by Crippen LogP contribution is 2.27. The van der Waals surface area contributed by atoms with Crippen LogP contribution in [0.25, 0.3) is 0 Å². The van der Waals surface area contributed by atoms with Crippen molar-refractivity contribution < 1.29 is 14.3 Å². The average molecular weight is 408 g/mol. The smallest absolute Gasteiger partial charge is 0.270 e. The summed E-state index contributed by atoms with van der Waals surface area (Å²) >= 11 is 6.79. The number of amides is 1. The van der Waals surface area contributed by atoms with Gasteiger partial charge in [-0.3, -0.25) is 15.6 Å². The maximum Gasteiger partial charge on any atom is 0.270 e. The van der Waals surface area contributed by atoms with Crippen LogP contribution >= 0.6 is 23.6 Å². The van der Waals surface area contributed by atoms with E-state index < -0.39 is 0 Å². The van der Waals surface area contributed by atoms with E-state index in [0.717, 1.165) is 24.8 Å². The Hall–Kier alpha value is -2.32. The Balaban J connectivity index is 1.73. The van der Waals surface area contributed by atoms with Gasteiger partial charge in [-0.15, -0.1) is 11.3 Å². The van der Waals surface area contributed by atoms with Crippen LogP contribution < -0.4 is 25.6 Å². The highest BCUT2D eigenvalue weighted by atomic mass is 32.1. The summed E-state index contributed by atoms with van der Waals surface area (Å²) in [6.07, 6.45) is 2.80. The van der Waals surface area contributed by atoms with Crippen LogP contribution in [0.3, 0.4) is 0 Å². The van der Waals surface area contributed by atoms with Gasteiger partial charge in [-0.1, -0.05) is 19.4 Å². The first-order valence-electron chi connectivity index (χ1n) is 8.69. The Kier molecular flexibility index (Phi) is 8.35. The maximum absolute atomic E-state index is 12.1. The van der Waals surface area contributed by atoms with E-state index in [2.05, 4.69) is 23.1 Å². The molecular weight excluding hydrogens is 382 g/mol. The quantitative estimate of drug-likeness (QED) is 0.461.